The van der Waals surface area contributed by atoms with E-state index in [1.807, 2.05) is 18.0 Å². The second kappa shape index (κ2) is 11.0. The second-order valence-electron chi connectivity index (χ2n) is 8.44. The van der Waals surface area contributed by atoms with E-state index in [0.717, 1.165) is 20.9 Å². The van der Waals surface area contributed by atoms with Gasteiger partial charge in [-0.1, -0.05) is 0 Å². The maximum Gasteiger partial charge on any atom is 0.277 e. The number of hydrogen-bond acceptors (Lipinski definition) is 13. The fraction of sp³-hybridized carbons (Fsp3) is 0.304. The van der Waals surface area contributed by atoms with Gasteiger partial charge in [-0.2, -0.15) is 0 Å². The van der Waals surface area contributed by atoms with Crippen molar-refractivity contribution >= 4 is 51.1 Å². The van der Waals surface area contributed by atoms with Gasteiger partial charge in [0.2, 0.25) is 17.8 Å². The molecule has 0 radical (unpaired) electrons. The average Bonchev–Trinajstić information content (AvgIpc) is 3.35. The highest BCUT2D eigenvalue weighted by Crippen LogP contribution is 2.35. The summed E-state index contributed by atoms with van der Waals surface area (Å²) in [6.07, 6.45) is 5.87. The van der Waals surface area contributed by atoms with Crippen molar-refractivity contribution in [3.05, 3.63) is 41.3 Å². The van der Waals surface area contributed by atoms with Crippen LogP contribution in [0.4, 0.5) is 17.7 Å². The lowest BCUT2D eigenvalue weighted by molar-refractivity contribution is -0.114. The topological polar surface area (TPSA) is 171 Å². The predicted octanol–water partition coefficient (Wildman–Crippen LogP) is 1.49. The van der Waals surface area contributed by atoms with Gasteiger partial charge in [-0.05, 0) is 6.07 Å². The highest BCUT2D eigenvalue weighted by Gasteiger charge is 2.21. The van der Waals surface area contributed by atoms with Crippen molar-refractivity contribution in [2.75, 3.05) is 48.5 Å². The number of nitrogens with one attached hydrogen (secondary N) is 2. The molecule has 0 saturated carbocycles. The van der Waals surface area contributed by atoms with E-state index in [9.17, 15) is 9.59 Å². The highest BCUT2D eigenvalue weighted by molar-refractivity contribution is 7.19. The number of nitrogens with zero attached hydrogens (tertiary/aromatic N) is 8. The standard InChI is InChI=1S/C23H24N10O4S/c1-13(34)28-22-24-8-14(9-25-22)19-29-17-7-16(38-18(17)20(30-19)33-3-5-37-6-4-33)12-32(2)23-26-10-15(11-27-23)21(35)31-36/h7-11,36H,3-6,12H2,1-2H3,(H,31,35)(H,24,25,28,34). The first-order valence-electron chi connectivity index (χ1n) is 11.6. The van der Waals surface area contributed by atoms with Crippen LogP contribution in [0.15, 0.2) is 30.9 Å². The molecule has 1 fully saturated rings. The number of thiophene rings is 1. The molecule has 0 aliphatic carbocycles. The van der Waals surface area contributed by atoms with Gasteiger partial charge < -0.3 is 14.5 Å². The Balaban J connectivity index is 1.46. The molecule has 196 valence electrons. The molecule has 0 bridgehead atoms. The molecule has 1 aliphatic heterocycles. The zero-order valence-corrected chi connectivity index (χ0v) is 21.4. The minimum atomic E-state index is -0.677. The molecule has 3 N–H and O–H groups in total. The first-order chi connectivity index (χ1) is 18.4. The third-order valence-electron chi connectivity index (χ3n) is 5.65. The molecule has 14 nitrogen and oxygen atoms in total. The van der Waals surface area contributed by atoms with Crippen molar-refractivity contribution in [2.24, 2.45) is 0 Å². The average molecular weight is 537 g/mol. The Bertz CT molecular complexity index is 1460. The summed E-state index contributed by atoms with van der Waals surface area (Å²) in [6, 6.07) is 2.01. The largest absolute Gasteiger partial charge is 0.378 e. The van der Waals surface area contributed by atoms with E-state index in [1.54, 1.807) is 29.2 Å². The van der Waals surface area contributed by atoms with E-state index >= 15 is 0 Å². The minimum absolute atomic E-state index is 0.151. The maximum atomic E-state index is 11.5. The Morgan fingerprint density at radius 2 is 1.82 bits per heavy atom. The van der Waals surface area contributed by atoms with Gasteiger partial charge in [-0.3, -0.25) is 20.1 Å². The van der Waals surface area contributed by atoms with E-state index in [-0.39, 0.29) is 17.4 Å². The summed E-state index contributed by atoms with van der Waals surface area (Å²) >= 11 is 1.58. The van der Waals surface area contributed by atoms with Gasteiger partial charge in [-0.25, -0.2) is 35.4 Å². The zero-order chi connectivity index (χ0) is 26.6. The van der Waals surface area contributed by atoms with E-state index in [0.29, 0.717) is 50.2 Å². The van der Waals surface area contributed by atoms with Gasteiger partial charge in [0.15, 0.2) is 11.6 Å². The summed E-state index contributed by atoms with van der Waals surface area (Å²) in [5.41, 5.74) is 3.12. The van der Waals surface area contributed by atoms with Crippen molar-refractivity contribution in [3.8, 4) is 11.4 Å². The molecule has 1 saturated heterocycles. The molecule has 1 aliphatic rings. The van der Waals surface area contributed by atoms with Gasteiger partial charge in [0.25, 0.3) is 5.91 Å². The molecular formula is C23H24N10O4S. The lowest BCUT2D eigenvalue weighted by Gasteiger charge is -2.28. The van der Waals surface area contributed by atoms with Crippen molar-refractivity contribution in [1.82, 2.24) is 35.4 Å². The van der Waals surface area contributed by atoms with Crippen LogP contribution >= 0.6 is 11.3 Å². The molecule has 0 atom stereocenters. The van der Waals surface area contributed by atoms with Crippen molar-refractivity contribution < 1.29 is 19.5 Å². The maximum absolute atomic E-state index is 11.5. The SMILES string of the molecule is CC(=O)Nc1ncc(-c2nc(N3CCOCC3)c3sc(CN(C)c4ncc(C(=O)NO)cn4)cc3n2)cn1. The minimum Gasteiger partial charge on any atom is -0.378 e. The number of ether oxygens (including phenoxy) is 1. The molecule has 38 heavy (non-hydrogen) atoms. The van der Waals surface area contributed by atoms with E-state index in [1.165, 1.54) is 19.3 Å². The van der Waals surface area contributed by atoms with Crippen LogP contribution in [0.25, 0.3) is 21.6 Å². The number of carbonyl (C=O) groups excluding carboxylic acids is 2. The van der Waals surface area contributed by atoms with Gasteiger partial charge in [0.1, 0.15) is 0 Å². The molecule has 15 heteroatoms. The Morgan fingerprint density at radius 1 is 1.11 bits per heavy atom. The molecule has 5 heterocycles. The van der Waals surface area contributed by atoms with Gasteiger partial charge >= 0.3 is 0 Å². The van der Waals surface area contributed by atoms with Crippen LogP contribution in [0.2, 0.25) is 0 Å². The summed E-state index contributed by atoms with van der Waals surface area (Å²) in [7, 11) is 1.85. The van der Waals surface area contributed by atoms with Crippen LogP contribution in [-0.4, -0.2) is 80.3 Å². The second-order valence-corrected chi connectivity index (χ2v) is 9.58. The third kappa shape index (κ3) is 5.49. The van der Waals surface area contributed by atoms with Crippen molar-refractivity contribution in [1.29, 1.82) is 0 Å². The fourth-order valence-electron chi connectivity index (χ4n) is 3.83. The van der Waals surface area contributed by atoms with Crippen LogP contribution in [-0.2, 0) is 16.1 Å². The number of hydrogen-bond donors (Lipinski definition) is 3. The summed E-state index contributed by atoms with van der Waals surface area (Å²) < 4.78 is 6.48. The molecule has 5 rings (SSSR count). The predicted molar refractivity (Wildman–Crippen MR) is 139 cm³/mol. The van der Waals surface area contributed by atoms with Crippen LogP contribution in [0.3, 0.4) is 0 Å². The van der Waals surface area contributed by atoms with Crippen molar-refractivity contribution in [2.45, 2.75) is 13.5 Å². The normalized spacial score (nSPS) is 13.4. The molecular weight excluding hydrogens is 512 g/mol. The van der Waals surface area contributed by atoms with Gasteiger partial charge in [0, 0.05) is 56.7 Å². The summed E-state index contributed by atoms with van der Waals surface area (Å²) in [4.78, 5) is 54.4. The first kappa shape index (κ1) is 25.3. The lowest BCUT2D eigenvalue weighted by Crippen LogP contribution is -2.36. The number of amides is 2. The monoisotopic (exact) mass is 536 g/mol. The van der Waals surface area contributed by atoms with E-state index in [2.05, 4.69) is 30.2 Å². The summed E-state index contributed by atoms with van der Waals surface area (Å²) in [5, 5.41) is 11.3. The number of morpholine rings is 1. The van der Waals surface area contributed by atoms with Crippen LogP contribution in [0.1, 0.15) is 22.2 Å². The fourth-order valence-corrected chi connectivity index (χ4v) is 5.00. The number of anilines is 3. The molecule has 2 amide bonds. The molecule has 0 aromatic carbocycles. The number of rotatable bonds is 7. The Labute approximate surface area is 220 Å². The molecule has 0 spiro atoms. The quantitative estimate of drug-likeness (QED) is 0.230. The number of aromatic nitrogens is 6. The molecule has 0 unspecified atom stereocenters. The number of hydroxylamine groups is 1. The number of fused-ring (bicyclic) bond motifs is 1. The van der Waals surface area contributed by atoms with Crippen LogP contribution in [0.5, 0.6) is 0 Å². The van der Waals surface area contributed by atoms with Gasteiger partial charge in [0.05, 0.1) is 41.1 Å². The summed E-state index contributed by atoms with van der Waals surface area (Å²) in [5.74, 6) is 1.000. The molecule has 4 aromatic heterocycles. The first-order valence-corrected chi connectivity index (χ1v) is 12.4. The summed E-state index contributed by atoms with van der Waals surface area (Å²) in [6.45, 7) is 4.52. The zero-order valence-electron chi connectivity index (χ0n) is 20.6. The van der Waals surface area contributed by atoms with Gasteiger partial charge in [-0.15, -0.1) is 11.3 Å². The van der Waals surface area contributed by atoms with Crippen LogP contribution in [0, 0.1) is 0 Å². The molecule has 4 aromatic rings. The Kier molecular flexibility index (Phi) is 7.30. The lowest BCUT2D eigenvalue weighted by atomic mass is 10.3. The van der Waals surface area contributed by atoms with E-state index in [4.69, 9.17) is 19.9 Å². The van der Waals surface area contributed by atoms with Crippen LogP contribution < -0.4 is 20.6 Å². The number of carbonyl (C=O) groups is 2. The smallest absolute Gasteiger partial charge is 0.277 e. The van der Waals surface area contributed by atoms with Crippen molar-refractivity contribution in [3.63, 3.8) is 0 Å². The highest BCUT2D eigenvalue weighted by atomic mass is 32.1. The Hall–Kier alpha value is -4.34. The third-order valence-corrected chi connectivity index (χ3v) is 6.75. The van der Waals surface area contributed by atoms with E-state index < -0.39 is 5.91 Å². The Morgan fingerprint density at radius 3 is 2.47 bits per heavy atom.